The van der Waals surface area contributed by atoms with Gasteiger partial charge in [0.2, 0.25) is 0 Å². The maximum atomic E-state index is 5.31. The predicted molar refractivity (Wildman–Crippen MR) is 37.6 cm³/mol. The van der Waals surface area contributed by atoms with E-state index in [1.165, 1.54) is 0 Å². The molecule has 0 spiro atoms. The topological polar surface area (TPSA) is 18.5 Å². The van der Waals surface area contributed by atoms with Crippen molar-refractivity contribution in [3.63, 3.8) is 0 Å². The average Bonchev–Trinajstić information content (AvgIpc) is 1.85. The lowest BCUT2D eigenvalue weighted by Crippen LogP contribution is -2.14. The van der Waals surface area contributed by atoms with E-state index >= 15 is 0 Å². The van der Waals surface area contributed by atoms with Crippen molar-refractivity contribution < 1.29 is 9.47 Å². The molecule has 0 amide bonds. The lowest BCUT2D eigenvalue weighted by atomic mass is 10.4. The second-order valence-corrected chi connectivity index (χ2v) is 2.14. The molecule has 0 heterocycles. The maximum Gasteiger partial charge on any atom is 0.0780 e. The van der Waals surface area contributed by atoms with Crippen molar-refractivity contribution in [2.24, 2.45) is 0 Å². The van der Waals surface area contributed by atoms with Crippen LogP contribution in [-0.2, 0) is 9.47 Å². The van der Waals surface area contributed by atoms with Gasteiger partial charge in [-0.3, -0.25) is 0 Å². The van der Waals surface area contributed by atoms with Gasteiger partial charge in [-0.05, 0) is 13.3 Å². The third kappa shape index (κ3) is 5.80. The van der Waals surface area contributed by atoms with Crippen LogP contribution in [0.2, 0.25) is 0 Å². The van der Waals surface area contributed by atoms with Gasteiger partial charge in [-0.15, -0.1) is 0 Å². The zero-order valence-electron chi connectivity index (χ0n) is 6.52. The summed E-state index contributed by atoms with van der Waals surface area (Å²) in [5.41, 5.74) is 0. The second-order valence-electron chi connectivity index (χ2n) is 2.14. The van der Waals surface area contributed by atoms with Crippen LogP contribution in [0.1, 0.15) is 20.3 Å². The largest absolute Gasteiger partial charge is 0.382 e. The summed E-state index contributed by atoms with van der Waals surface area (Å²) in [6, 6.07) is 0. The Hall–Kier alpha value is -0.0800. The molecule has 0 aromatic carbocycles. The van der Waals surface area contributed by atoms with Gasteiger partial charge in [-0.2, -0.15) is 0 Å². The zero-order valence-corrected chi connectivity index (χ0v) is 6.52. The molecule has 0 fully saturated rings. The zero-order chi connectivity index (χ0) is 7.11. The first-order chi connectivity index (χ1) is 4.31. The van der Waals surface area contributed by atoms with Crippen molar-refractivity contribution in [2.45, 2.75) is 26.4 Å². The van der Waals surface area contributed by atoms with E-state index in [0.717, 1.165) is 13.0 Å². The molecule has 56 valence electrons. The Labute approximate surface area is 57.2 Å². The molecular formula is C7H16O2. The van der Waals surface area contributed by atoms with E-state index in [1.54, 1.807) is 7.11 Å². The van der Waals surface area contributed by atoms with Gasteiger partial charge >= 0.3 is 0 Å². The minimum atomic E-state index is 0.245. The van der Waals surface area contributed by atoms with Crippen LogP contribution >= 0.6 is 0 Å². The SMILES string of the molecule is CCCOC(C)COC. The summed E-state index contributed by atoms with van der Waals surface area (Å²) in [6.45, 7) is 5.64. The first kappa shape index (κ1) is 8.92. The molecular weight excluding hydrogens is 116 g/mol. The summed E-state index contributed by atoms with van der Waals surface area (Å²) in [4.78, 5) is 0. The second kappa shape index (κ2) is 6.05. The summed E-state index contributed by atoms with van der Waals surface area (Å²) >= 11 is 0. The van der Waals surface area contributed by atoms with E-state index in [4.69, 9.17) is 9.47 Å². The molecule has 0 bridgehead atoms. The van der Waals surface area contributed by atoms with Crippen molar-refractivity contribution in [2.75, 3.05) is 20.3 Å². The van der Waals surface area contributed by atoms with E-state index in [9.17, 15) is 0 Å². The minimum absolute atomic E-state index is 0.245. The lowest BCUT2D eigenvalue weighted by molar-refractivity contribution is 0.00956. The van der Waals surface area contributed by atoms with Crippen LogP contribution in [0.25, 0.3) is 0 Å². The summed E-state index contributed by atoms with van der Waals surface area (Å²) in [5, 5.41) is 0. The monoisotopic (exact) mass is 132 g/mol. The van der Waals surface area contributed by atoms with Crippen LogP contribution in [0.15, 0.2) is 0 Å². The normalized spacial score (nSPS) is 13.7. The first-order valence-electron chi connectivity index (χ1n) is 3.41. The Morgan fingerprint density at radius 3 is 2.56 bits per heavy atom. The standard InChI is InChI=1S/C7H16O2/c1-4-5-9-7(2)6-8-3/h7H,4-6H2,1-3H3. The van der Waals surface area contributed by atoms with Crippen LogP contribution in [0.3, 0.4) is 0 Å². The molecule has 9 heavy (non-hydrogen) atoms. The van der Waals surface area contributed by atoms with Gasteiger partial charge in [-0.1, -0.05) is 6.92 Å². The van der Waals surface area contributed by atoms with E-state index in [1.807, 2.05) is 6.92 Å². The molecule has 2 heteroatoms. The Kier molecular flexibility index (Phi) is 5.99. The molecule has 0 aliphatic heterocycles. The minimum Gasteiger partial charge on any atom is -0.382 e. The maximum absolute atomic E-state index is 5.31. The van der Waals surface area contributed by atoms with Gasteiger partial charge in [0, 0.05) is 13.7 Å². The highest BCUT2D eigenvalue weighted by Gasteiger charge is 1.97. The van der Waals surface area contributed by atoms with Crippen LogP contribution in [0, 0.1) is 0 Å². The fourth-order valence-electron chi connectivity index (χ4n) is 0.602. The fourth-order valence-corrected chi connectivity index (χ4v) is 0.602. The molecule has 1 unspecified atom stereocenters. The van der Waals surface area contributed by atoms with Crippen molar-refractivity contribution in [1.82, 2.24) is 0 Å². The fraction of sp³-hybridized carbons (Fsp3) is 1.00. The van der Waals surface area contributed by atoms with Gasteiger partial charge in [0.1, 0.15) is 0 Å². The summed E-state index contributed by atoms with van der Waals surface area (Å²) < 4.78 is 10.2. The number of methoxy groups -OCH3 is 1. The van der Waals surface area contributed by atoms with E-state index in [-0.39, 0.29) is 6.10 Å². The third-order valence-corrected chi connectivity index (χ3v) is 1.01. The Morgan fingerprint density at radius 1 is 1.44 bits per heavy atom. The molecule has 2 nitrogen and oxygen atoms in total. The van der Waals surface area contributed by atoms with E-state index in [2.05, 4.69) is 6.92 Å². The number of ether oxygens (including phenoxy) is 2. The van der Waals surface area contributed by atoms with Gasteiger partial charge in [-0.25, -0.2) is 0 Å². The highest BCUT2D eigenvalue weighted by molar-refractivity contribution is 4.44. The Balaban J connectivity index is 2.95. The van der Waals surface area contributed by atoms with Gasteiger partial charge < -0.3 is 9.47 Å². The van der Waals surface area contributed by atoms with Crippen molar-refractivity contribution in [3.8, 4) is 0 Å². The molecule has 0 rings (SSSR count). The van der Waals surface area contributed by atoms with Crippen LogP contribution < -0.4 is 0 Å². The lowest BCUT2D eigenvalue weighted by Gasteiger charge is -2.09. The molecule has 0 N–H and O–H groups in total. The molecule has 1 atom stereocenters. The quantitative estimate of drug-likeness (QED) is 0.563. The smallest absolute Gasteiger partial charge is 0.0780 e. The summed E-state index contributed by atoms with van der Waals surface area (Å²) in [7, 11) is 1.69. The van der Waals surface area contributed by atoms with Crippen molar-refractivity contribution in [3.05, 3.63) is 0 Å². The number of rotatable bonds is 5. The van der Waals surface area contributed by atoms with Crippen LogP contribution in [0.5, 0.6) is 0 Å². The predicted octanol–water partition coefficient (Wildman–Crippen LogP) is 1.45. The van der Waals surface area contributed by atoms with E-state index < -0.39 is 0 Å². The molecule has 0 saturated carbocycles. The average molecular weight is 132 g/mol. The summed E-state index contributed by atoms with van der Waals surface area (Å²) in [5.74, 6) is 0. The molecule has 0 saturated heterocycles. The van der Waals surface area contributed by atoms with Crippen molar-refractivity contribution >= 4 is 0 Å². The Morgan fingerprint density at radius 2 is 2.11 bits per heavy atom. The molecule has 0 aromatic rings. The summed E-state index contributed by atoms with van der Waals surface area (Å²) in [6.07, 6.45) is 1.32. The van der Waals surface area contributed by atoms with Gasteiger partial charge in [0.05, 0.1) is 12.7 Å². The Bertz CT molecular complexity index is 54.9. The van der Waals surface area contributed by atoms with E-state index in [0.29, 0.717) is 6.61 Å². The first-order valence-corrected chi connectivity index (χ1v) is 3.41. The third-order valence-electron chi connectivity index (χ3n) is 1.01. The number of hydrogen-bond acceptors (Lipinski definition) is 2. The van der Waals surface area contributed by atoms with Crippen LogP contribution in [0.4, 0.5) is 0 Å². The van der Waals surface area contributed by atoms with Gasteiger partial charge in [0.15, 0.2) is 0 Å². The molecule has 0 aliphatic rings. The van der Waals surface area contributed by atoms with Gasteiger partial charge in [0.25, 0.3) is 0 Å². The highest BCUT2D eigenvalue weighted by atomic mass is 16.5. The molecule has 0 radical (unpaired) electrons. The van der Waals surface area contributed by atoms with Crippen LogP contribution in [-0.4, -0.2) is 26.4 Å². The van der Waals surface area contributed by atoms with Crippen molar-refractivity contribution in [1.29, 1.82) is 0 Å². The molecule has 0 aliphatic carbocycles. The molecule has 0 aromatic heterocycles. The number of hydrogen-bond donors (Lipinski definition) is 0. The highest BCUT2D eigenvalue weighted by Crippen LogP contribution is 1.91.